The first kappa shape index (κ1) is 26.7. The molecule has 0 aromatic heterocycles. The fraction of sp³-hybridized carbons (Fsp3) is 0.182. The molecule has 0 aliphatic heterocycles. The van der Waals surface area contributed by atoms with Crippen LogP contribution in [-0.2, 0) is 30.8 Å². The maximum absolute atomic E-state index is 10.7. The number of carboxylic acid groups (broad SMARTS) is 1. The summed E-state index contributed by atoms with van der Waals surface area (Å²) in [6, 6.07) is 26.3. The van der Waals surface area contributed by atoms with E-state index < -0.39 is 5.97 Å². The van der Waals surface area contributed by atoms with Crippen LogP contribution in [0.1, 0.15) is 35.1 Å². The summed E-state index contributed by atoms with van der Waals surface area (Å²) in [6.45, 7) is 1.03. The van der Waals surface area contributed by atoms with Gasteiger partial charge in [0, 0.05) is 6.42 Å². The molecule has 0 fully saturated rings. The Bertz CT molecular complexity index is 1300. The van der Waals surface area contributed by atoms with Gasteiger partial charge in [0.05, 0.1) is 12.2 Å². The third-order valence-corrected chi connectivity index (χ3v) is 6.29. The predicted molar refractivity (Wildman–Crippen MR) is 152 cm³/mol. The first-order chi connectivity index (χ1) is 18.6. The lowest BCUT2D eigenvalue weighted by atomic mass is 10.1. The Hall–Kier alpha value is -4.35. The molecule has 0 heterocycles. The van der Waals surface area contributed by atoms with Gasteiger partial charge < -0.3 is 14.9 Å². The second kappa shape index (κ2) is 13.8. The number of ether oxygens (including phenoxy) is 1. The zero-order valence-electron chi connectivity index (χ0n) is 21.5. The number of allylic oxidation sites excluding steroid dienone is 6. The molecule has 0 bridgehead atoms. The van der Waals surface area contributed by atoms with E-state index in [4.69, 9.17) is 15.7 Å². The van der Waals surface area contributed by atoms with Crippen molar-refractivity contribution in [3.05, 3.63) is 149 Å². The first-order valence-corrected chi connectivity index (χ1v) is 12.9. The third kappa shape index (κ3) is 8.36. The molecule has 1 aliphatic carbocycles. The Labute approximate surface area is 224 Å². The monoisotopic (exact) mass is 506 g/mol. The van der Waals surface area contributed by atoms with Crippen LogP contribution in [0.25, 0.3) is 0 Å². The van der Waals surface area contributed by atoms with Crippen LogP contribution in [0, 0.1) is 0 Å². The van der Waals surface area contributed by atoms with E-state index in [9.17, 15) is 4.79 Å². The molecule has 4 rings (SSSR count). The Balaban J connectivity index is 1.37. The number of nitrogens with two attached hydrogens (primary N) is 1. The van der Waals surface area contributed by atoms with Crippen LogP contribution in [0.15, 0.2) is 127 Å². The highest BCUT2D eigenvalue weighted by atomic mass is 16.5. The van der Waals surface area contributed by atoms with Crippen LogP contribution < -0.4 is 10.6 Å². The lowest BCUT2D eigenvalue weighted by molar-refractivity contribution is -0.136. The molecule has 3 N–H and O–H groups in total. The van der Waals surface area contributed by atoms with Gasteiger partial charge >= 0.3 is 5.97 Å². The van der Waals surface area contributed by atoms with E-state index in [-0.39, 0.29) is 6.42 Å². The van der Waals surface area contributed by atoms with Crippen molar-refractivity contribution >= 4 is 5.97 Å². The summed E-state index contributed by atoms with van der Waals surface area (Å²) in [6.07, 6.45) is 15.2. The van der Waals surface area contributed by atoms with Crippen LogP contribution in [0.5, 0.6) is 5.75 Å². The average Bonchev–Trinajstić information content (AvgIpc) is 3.22. The number of nitrogens with zero attached hydrogens (tertiary/aromatic N) is 1. The minimum Gasteiger partial charge on any atom is -0.489 e. The van der Waals surface area contributed by atoms with Crippen molar-refractivity contribution in [1.29, 1.82) is 0 Å². The molecule has 0 atom stereocenters. The Kier molecular flexibility index (Phi) is 9.71. The lowest BCUT2D eigenvalue weighted by Crippen LogP contribution is -2.30. The van der Waals surface area contributed by atoms with Crippen molar-refractivity contribution in [2.75, 3.05) is 0 Å². The molecule has 0 radical (unpaired) electrons. The number of aryl methyl sites for hydroxylation is 1. The van der Waals surface area contributed by atoms with Crippen LogP contribution in [-0.4, -0.2) is 16.1 Å². The summed E-state index contributed by atoms with van der Waals surface area (Å²) in [5.41, 5.74) is 6.49. The summed E-state index contributed by atoms with van der Waals surface area (Å²) in [4.78, 5) is 10.7. The number of rotatable bonds is 12. The molecular formula is C33H34N2O3. The van der Waals surface area contributed by atoms with E-state index in [1.54, 1.807) is 0 Å². The minimum absolute atomic E-state index is 0.127. The number of hydrogen-bond acceptors (Lipinski definition) is 4. The lowest BCUT2D eigenvalue weighted by Gasteiger charge is -2.23. The molecule has 3 aromatic rings. The molecule has 0 unspecified atom stereocenters. The maximum atomic E-state index is 10.7. The van der Waals surface area contributed by atoms with E-state index in [2.05, 4.69) is 85.0 Å². The van der Waals surface area contributed by atoms with Gasteiger partial charge in [-0.15, -0.1) is 0 Å². The SMILES string of the molecule is NN(Cc1ccc(COc2ccc(CCC(=O)O)cc2)cc1)/C(=C\Cc1ccccc1)C1=CC=CCC=C1. The molecular weight excluding hydrogens is 472 g/mol. The van der Waals surface area contributed by atoms with Crippen molar-refractivity contribution in [1.82, 2.24) is 5.01 Å². The fourth-order valence-electron chi connectivity index (χ4n) is 4.17. The summed E-state index contributed by atoms with van der Waals surface area (Å²) in [5.74, 6) is 6.60. The highest BCUT2D eigenvalue weighted by Crippen LogP contribution is 2.21. The van der Waals surface area contributed by atoms with Crippen LogP contribution in [0.4, 0.5) is 0 Å². The van der Waals surface area contributed by atoms with E-state index in [0.717, 1.165) is 46.6 Å². The second-order valence-corrected chi connectivity index (χ2v) is 9.24. The highest BCUT2D eigenvalue weighted by molar-refractivity contribution is 5.67. The van der Waals surface area contributed by atoms with Crippen molar-refractivity contribution in [2.24, 2.45) is 5.84 Å². The van der Waals surface area contributed by atoms with Gasteiger partial charge in [-0.05, 0) is 59.2 Å². The van der Waals surface area contributed by atoms with Crippen molar-refractivity contribution in [2.45, 2.75) is 38.8 Å². The Morgan fingerprint density at radius 1 is 0.895 bits per heavy atom. The van der Waals surface area contributed by atoms with Gasteiger partial charge in [-0.1, -0.05) is 103 Å². The van der Waals surface area contributed by atoms with Gasteiger partial charge in [0.2, 0.25) is 0 Å². The molecule has 1 aliphatic rings. The molecule has 38 heavy (non-hydrogen) atoms. The third-order valence-electron chi connectivity index (χ3n) is 6.29. The smallest absolute Gasteiger partial charge is 0.303 e. The van der Waals surface area contributed by atoms with Gasteiger partial charge in [0.15, 0.2) is 0 Å². The standard InChI is InChI=1S/C33H34N2O3/c34-35(32(30-10-6-1-2-7-11-30)22-18-26-8-4-3-5-9-26)24-28-12-14-29(15-13-28)25-38-31-20-16-27(17-21-31)19-23-33(36)37/h1,3-17,20-22H,2,18-19,23-25,34H2,(H,36,37)/b32-22-. The summed E-state index contributed by atoms with van der Waals surface area (Å²) >= 11 is 0. The van der Waals surface area contributed by atoms with E-state index >= 15 is 0 Å². The summed E-state index contributed by atoms with van der Waals surface area (Å²) < 4.78 is 5.91. The number of benzene rings is 3. The Morgan fingerprint density at radius 2 is 1.61 bits per heavy atom. The molecule has 0 spiro atoms. The normalized spacial score (nSPS) is 13.1. The number of carboxylic acids is 1. The van der Waals surface area contributed by atoms with E-state index in [0.29, 0.717) is 19.6 Å². The molecule has 0 saturated carbocycles. The van der Waals surface area contributed by atoms with Crippen molar-refractivity contribution in [3.63, 3.8) is 0 Å². The highest BCUT2D eigenvalue weighted by Gasteiger charge is 2.11. The number of carbonyl (C=O) groups is 1. The average molecular weight is 507 g/mol. The number of hydrazine groups is 1. The molecule has 5 nitrogen and oxygen atoms in total. The molecule has 0 amide bonds. The predicted octanol–water partition coefficient (Wildman–Crippen LogP) is 6.53. The van der Waals surface area contributed by atoms with Gasteiger partial charge in [-0.3, -0.25) is 4.79 Å². The van der Waals surface area contributed by atoms with Crippen molar-refractivity contribution in [3.8, 4) is 5.75 Å². The van der Waals surface area contributed by atoms with Gasteiger partial charge in [-0.2, -0.15) is 0 Å². The van der Waals surface area contributed by atoms with Crippen LogP contribution >= 0.6 is 0 Å². The summed E-state index contributed by atoms with van der Waals surface area (Å²) in [7, 11) is 0. The zero-order chi connectivity index (χ0) is 26.6. The van der Waals surface area contributed by atoms with E-state index in [1.165, 1.54) is 5.56 Å². The number of aliphatic carboxylic acids is 1. The van der Waals surface area contributed by atoms with Crippen LogP contribution in [0.2, 0.25) is 0 Å². The van der Waals surface area contributed by atoms with Gasteiger partial charge in [0.1, 0.15) is 12.4 Å². The van der Waals surface area contributed by atoms with Crippen LogP contribution in [0.3, 0.4) is 0 Å². The molecule has 0 saturated heterocycles. The van der Waals surface area contributed by atoms with Gasteiger partial charge in [0.25, 0.3) is 0 Å². The van der Waals surface area contributed by atoms with Gasteiger partial charge in [-0.25, -0.2) is 5.84 Å². The molecule has 3 aromatic carbocycles. The fourth-order valence-corrected chi connectivity index (χ4v) is 4.17. The first-order valence-electron chi connectivity index (χ1n) is 12.9. The maximum Gasteiger partial charge on any atom is 0.303 e. The quantitative estimate of drug-likeness (QED) is 0.216. The molecule has 5 heteroatoms. The molecule has 194 valence electrons. The largest absolute Gasteiger partial charge is 0.489 e. The topological polar surface area (TPSA) is 75.8 Å². The van der Waals surface area contributed by atoms with Crippen molar-refractivity contribution < 1.29 is 14.6 Å². The summed E-state index contributed by atoms with van der Waals surface area (Å²) in [5, 5.41) is 10.6. The number of hydrogen-bond donors (Lipinski definition) is 2. The minimum atomic E-state index is -0.790. The zero-order valence-corrected chi connectivity index (χ0v) is 21.5. The van der Waals surface area contributed by atoms with E-state index in [1.807, 2.05) is 35.3 Å². The Morgan fingerprint density at radius 3 is 2.34 bits per heavy atom. The second-order valence-electron chi connectivity index (χ2n) is 9.24.